The molecule has 1 saturated carbocycles. The van der Waals surface area contributed by atoms with Gasteiger partial charge in [0, 0.05) is 24.8 Å². The van der Waals surface area contributed by atoms with Crippen LogP contribution in [-0.4, -0.2) is 37.8 Å². The second-order valence-electron chi connectivity index (χ2n) is 6.72. The minimum atomic E-state index is -3.27. The largest absolute Gasteiger partial charge is 0.354 e. The molecule has 1 saturated heterocycles. The van der Waals surface area contributed by atoms with Crippen LogP contribution in [0.15, 0.2) is 6.07 Å². The van der Waals surface area contributed by atoms with E-state index in [-0.39, 0.29) is 6.04 Å². The third-order valence-corrected chi connectivity index (χ3v) is 6.87. The number of pyridine rings is 1. The van der Waals surface area contributed by atoms with Crippen LogP contribution in [0.4, 0.5) is 5.82 Å². The number of hydrogen-bond donors (Lipinski definition) is 1. The summed E-state index contributed by atoms with van der Waals surface area (Å²) in [4.78, 5) is 6.65. The molecule has 2 fully saturated rings. The molecule has 6 nitrogen and oxygen atoms in total. The van der Waals surface area contributed by atoms with Gasteiger partial charge >= 0.3 is 0 Å². The first kappa shape index (κ1) is 14.9. The van der Waals surface area contributed by atoms with E-state index in [0.29, 0.717) is 30.9 Å². The van der Waals surface area contributed by atoms with Gasteiger partial charge in [-0.15, -0.1) is 0 Å². The highest BCUT2D eigenvalue weighted by Gasteiger charge is 2.38. The van der Waals surface area contributed by atoms with Crippen molar-refractivity contribution in [3.8, 4) is 6.07 Å². The van der Waals surface area contributed by atoms with E-state index >= 15 is 0 Å². The second-order valence-corrected chi connectivity index (χ2v) is 8.72. The summed E-state index contributed by atoms with van der Waals surface area (Å²) in [7, 11) is -3.27. The number of rotatable bonds is 4. The summed E-state index contributed by atoms with van der Waals surface area (Å²) in [6, 6.07) is 4.31. The van der Waals surface area contributed by atoms with Gasteiger partial charge in [-0.05, 0) is 50.2 Å². The lowest BCUT2D eigenvalue weighted by atomic mass is 10.1. The summed E-state index contributed by atoms with van der Waals surface area (Å²) >= 11 is 0. The molecule has 0 spiro atoms. The van der Waals surface area contributed by atoms with Gasteiger partial charge in [-0.1, -0.05) is 0 Å². The first-order valence-corrected chi connectivity index (χ1v) is 9.80. The van der Waals surface area contributed by atoms with E-state index in [1.807, 2.05) is 11.0 Å². The Morgan fingerprint density at radius 1 is 1.30 bits per heavy atom. The van der Waals surface area contributed by atoms with Crippen molar-refractivity contribution in [2.45, 2.75) is 49.8 Å². The fraction of sp³-hybridized carbons (Fsp3) is 0.625. The molecule has 0 radical (unpaired) electrons. The molecule has 1 unspecified atom stereocenters. The van der Waals surface area contributed by atoms with Gasteiger partial charge in [0.1, 0.15) is 11.9 Å². The summed E-state index contributed by atoms with van der Waals surface area (Å²) in [5.74, 6) is 0.664. The Kier molecular flexibility index (Phi) is 3.54. The van der Waals surface area contributed by atoms with Crippen molar-refractivity contribution >= 4 is 15.8 Å². The average molecular weight is 332 g/mol. The second kappa shape index (κ2) is 5.46. The highest BCUT2D eigenvalue weighted by Crippen LogP contribution is 2.30. The van der Waals surface area contributed by atoms with Gasteiger partial charge in [0.15, 0.2) is 0 Å². The van der Waals surface area contributed by atoms with Crippen LogP contribution in [-0.2, 0) is 22.9 Å². The van der Waals surface area contributed by atoms with E-state index in [2.05, 4.69) is 15.8 Å². The summed E-state index contributed by atoms with van der Waals surface area (Å²) in [5.41, 5.74) is 2.81. The first-order chi connectivity index (χ1) is 11.1. The molecule has 0 aromatic carbocycles. The van der Waals surface area contributed by atoms with E-state index in [9.17, 15) is 13.7 Å². The molecular formula is C16H20N4O2S. The maximum absolute atomic E-state index is 12.4. The van der Waals surface area contributed by atoms with Crippen LogP contribution in [0.3, 0.4) is 0 Å². The van der Waals surface area contributed by atoms with E-state index < -0.39 is 15.3 Å². The van der Waals surface area contributed by atoms with Crippen molar-refractivity contribution in [3.05, 3.63) is 22.9 Å². The molecule has 122 valence electrons. The first-order valence-electron chi connectivity index (χ1n) is 8.26. The quantitative estimate of drug-likeness (QED) is 0.892. The summed E-state index contributed by atoms with van der Waals surface area (Å²) in [6.45, 7) is 1.05. The molecule has 0 bridgehead atoms. The zero-order valence-electron chi connectivity index (χ0n) is 13.0. The van der Waals surface area contributed by atoms with Gasteiger partial charge in [-0.3, -0.25) is 0 Å². The molecule has 4 rings (SSSR count). The van der Waals surface area contributed by atoms with Crippen LogP contribution in [0.25, 0.3) is 0 Å². The molecule has 1 N–H and O–H groups in total. The van der Waals surface area contributed by atoms with Gasteiger partial charge in [0.05, 0.1) is 10.8 Å². The topological polar surface area (TPSA) is 86.1 Å². The van der Waals surface area contributed by atoms with E-state index in [1.54, 1.807) is 0 Å². The predicted molar refractivity (Wildman–Crippen MR) is 86.7 cm³/mol. The number of sulfonamides is 1. The van der Waals surface area contributed by atoms with Gasteiger partial charge in [0.2, 0.25) is 10.0 Å². The number of fused-ring (bicyclic) bond motifs is 1. The van der Waals surface area contributed by atoms with Gasteiger partial charge in [0.25, 0.3) is 0 Å². The summed E-state index contributed by atoms with van der Waals surface area (Å²) < 4.78 is 27.5. The Morgan fingerprint density at radius 2 is 2.13 bits per heavy atom. The van der Waals surface area contributed by atoms with Crippen LogP contribution >= 0.6 is 0 Å². The smallest absolute Gasteiger partial charge is 0.216 e. The molecule has 7 heteroatoms. The molecule has 2 heterocycles. The van der Waals surface area contributed by atoms with Gasteiger partial charge < -0.3 is 4.90 Å². The maximum atomic E-state index is 12.4. The van der Waals surface area contributed by atoms with E-state index in [4.69, 9.17) is 0 Å². The molecule has 3 aliphatic rings. The summed E-state index contributed by atoms with van der Waals surface area (Å²) in [6.07, 6.45) is 5.50. The SMILES string of the molecule is N#Cc1cc2c(nc1N1CCC(S(=O)(=O)NC3CC3)C1)CCC2. The Hall–Kier alpha value is -1.65. The van der Waals surface area contributed by atoms with Crippen molar-refractivity contribution in [2.24, 2.45) is 0 Å². The fourth-order valence-electron chi connectivity index (χ4n) is 3.49. The lowest BCUT2D eigenvalue weighted by Gasteiger charge is -2.20. The minimum Gasteiger partial charge on any atom is -0.354 e. The monoisotopic (exact) mass is 332 g/mol. The fourth-order valence-corrected chi connectivity index (χ4v) is 5.17. The van der Waals surface area contributed by atoms with Crippen LogP contribution in [0.1, 0.15) is 42.5 Å². The molecule has 1 aromatic rings. The third kappa shape index (κ3) is 2.81. The van der Waals surface area contributed by atoms with Gasteiger partial charge in [-0.25, -0.2) is 18.1 Å². The molecular weight excluding hydrogens is 312 g/mol. The average Bonchev–Trinajstić information content (AvgIpc) is 3.05. The van der Waals surface area contributed by atoms with E-state index in [1.165, 1.54) is 5.56 Å². The highest BCUT2D eigenvalue weighted by molar-refractivity contribution is 7.90. The standard InChI is InChI=1S/C16H20N4O2S/c17-9-12-8-11-2-1-3-15(11)18-16(12)20-7-6-14(10-20)23(21,22)19-13-4-5-13/h8,13-14,19H,1-7,10H2. The lowest BCUT2D eigenvalue weighted by molar-refractivity contribution is 0.568. The number of hydrogen-bond acceptors (Lipinski definition) is 5. The van der Waals surface area contributed by atoms with Crippen LogP contribution < -0.4 is 9.62 Å². The van der Waals surface area contributed by atoms with Crippen molar-refractivity contribution in [1.82, 2.24) is 9.71 Å². The van der Waals surface area contributed by atoms with Crippen molar-refractivity contribution in [3.63, 3.8) is 0 Å². The lowest BCUT2D eigenvalue weighted by Crippen LogP contribution is -2.37. The summed E-state index contributed by atoms with van der Waals surface area (Å²) in [5, 5.41) is 9.00. The Bertz CT molecular complexity index is 780. The zero-order valence-corrected chi connectivity index (χ0v) is 13.8. The number of nitrogens with one attached hydrogen (secondary N) is 1. The zero-order chi connectivity index (χ0) is 16.0. The highest BCUT2D eigenvalue weighted by atomic mass is 32.2. The van der Waals surface area contributed by atoms with E-state index in [0.717, 1.165) is 37.8 Å². The van der Waals surface area contributed by atoms with Crippen LogP contribution in [0.5, 0.6) is 0 Å². The molecule has 0 amide bonds. The van der Waals surface area contributed by atoms with Crippen LogP contribution in [0, 0.1) is 11.3 Å². The van der Waals surface area contributed by atoms with Crippen molar-refractivity contribution in [1.29, 1.82) is 5.26 Å². The van der Waals surface area contributed by atoms with Crippen molar-refractivity contribution < 1.29 is 8.42 Å². The number of aryl methyl sites for hydroxylation is 2. The minimum absolute atomic E-state index is 0.141. The molecule has 1 aliphatic heterocycles. The van der Waals surface area contributed by atoms with Gasteiger partial charge in [-0.2, -0.15) is 5.26 Å². The molecule has 1 atom stereocenters. The maximum Gasteiger partial charge on any atom is 0.216 e. The Morgan fingerprint density at radius 3 is 2.87 bits per heavy atom. The Balaban J connectivity index is 1.57. The predicted octanol–water partition coefficient (Wildman–Crippen LogP) is 1.10. The number of nitriles is 1. The number of nitrogens with zero attached hydrogens (tertiary/aromatic N) is 3. The molecule has 1 aromatic heterocycles. The third-order valence-electron chi connectivity index (χ3n) is 4.94. The number of aromatic nitrogens is 1. The normalized spacial score (nSPS) is 23.8. The molecule has 23 heavy (non-hydrogen) atoms. The number of anilines is 1. The molecule has 2 aliphatic carbocycles. The van der Waals surface area contributed by atoms with Crippen LogP contribution in [0.2, 0.25) is 0 Å². The Labute approximate surface area is 136 Å². The van der Waals surface area contributed by atoms with Crippen molar-refractivity contribution in [2.75, 3.05) is 18.0 Å².